The van der Waals surface area contributed by atoms with Crippen molar-refractivity contribution in [2.24, 2.45) is 0 Å². The van der Waals surface area contributed by atoms with E-state index in [0.717, 1.165) is 5.56 Å². The monoisotopic (exact) mass is 432 g/mol. The third-order valence-corrected chi connectivity index (χ3v) is 4.08. The van der Waals surface area contributed by atoms with Crippen molar-refractivity contribution in [1.29, 1.82) is 0 Å². The number of hydrogen-bond acceptors (Lipinski definition) is 5. The fourth-order valence-electron chi connectivity index (χ4n) is 1.49. The second kappa shape index (κ2) is 12.7. The van der Waals surface area contributed by atoms with Crippen molar-refractivity contribution in [3.63, 3.8) is 0 Å². The Morgan fingerprint density at radius 3 is 2.18 bits per heavy atom. The summed E-state index contributed by atoms with van der Waals surface area (Å²) in [6.45, 7) is 3.46. The van der Waals surface area contributed by atoms with Gasteiger partial charge in [0.1, 0.15) is 22.8 Å². The number of phenolic OH excluding ortho intramolecular Hbond substituents is 1. The maximum Gasteiger partial charge on any atom is 0.298 e. The molecule has 0 bridgehead atoms. The van der Waals surface area contributed by atoms with Crippen molar-refractivity contribution < 1.29 is 35.2 Å². The Kier molecular flexibility index (Phi) is 10.6. The molecule has 6 nitrogen and oxygen atoms in total. The predicted molar refractivity (Wildman–Crippen MR) is 99.2 cm³/mol. The molecule has 0 fully saturated rings. The van der Waals surface area contributed by atoms with E-state index in [1.807, 2.05) is 0 Å². The van der Waals surface area contributed by atoms with Gasteiger partial charge in [0.15, 0.2) is 17.4 Å². The molecule has 1 N–H and O–H groups in total. The van der Waals surface area contributed by atoms with Crippen LogP contribution in [0.15, 0.2) is 78.1 Å². The first-order chi connectivity index (χ1) is 13.3. The molecule has 2 rings (SSSR count). The standard InChI is InChI=1S/C15H12NO5S2.C2HF3/c1-2-3-12-4-8-14(9-5-12)20-23(19)16-21-22(18)15-10-6-13(17)7-11-15;3-1-2(4)5/h3-11,17H,1H2;1H/q-1;. The number of aromatic hydroxyl groups is 1. The number of nitrogens with zero attached hydrogens (tertiary/aromatic N) is 1. The summed E-state index contributed by atoms with van der Waals surface area (Å²) in [5, 5.41) is 9.13. The first-order valence-electron chi connectivity index (χ1n) is 7.12. The van der Waals surface area contributed by atoms with Gasteiger partial charge in [0.2, 0.25) is 0 Å². The van der Waals surface area contributed by atoms with Gasteiger partial charge in [0.05, 0.1) is 4.90 Å². The highest BCUT2D eigenvalue weighted by atomic mass is 32.2. The van der Waals surface area contributed by atoms with Gasteiger partial charge in [-0.1, -0.05) is 18.7 Å². The smallest absolute Gasteiger partial charge is 0.298 e. The Labute approximate surface area is 164 Å². The van der Waals surface area contributed by atoms with Crippen LogP contribution in [0.1, 0.15) is 5.56 Å². The summed E-state index contributed by atoms with van der Waals surface area (Å²) < 4.78 is 63.7. The van der Waals surface area contributed by atoms with Crippen LogP contribution in [0.3, 0.4) is 0 Å². The molecule has 0 radical (unpaired) electrons. The SMILES string of the molecule is C=C=Cc1ccc(OS(=O)[N-]OS(=O)c2ccc(O)cc2)cc1.FC=C(F)F. The predicted octanol–water partition coefficient (Wildman–Crippen LogP) is 4.87. The second-order valence-corrected chi connectivity index (χ2v) is 6.33. The van der Waals surface area contributed by atoms with E-state index in [9.17, 15) is 21.6 Å². The Morgan fingerprint density at radius 2 is 1.68 bits per heavy atom. The molecule has 2 atom stereocenters. The van der Waals surface area contributed by atoms with Gasteiger partial charge in [0.25, 0.3) is 6.08 Å². The third kappa shape index (κ3) is 9.31. The molecule has 0 aliphatic rings. The van der Waals surface area contributed by atoms with E-state index in [1.165, 1.54) is 24.3 Å². The molecule has 150 valence electrons. The fraction of sp³-hybridized carbons (Fsp3) is 0. The van der Waals surface area contributed by atoms with E-state index in [1.54, 1.807) is 30.3 Å². The van der Waals surface area contributed by atoms with Crippen LogP contribution in [-0.2, 0) is 26.6 Å². The molecule has 11 heteroatoms. The largest absolute Gasteiger partial charge is 0.508 e. The second-order valence-electron chi connectivity index (χ2n) is 4.49. The average molecular weight is 432 g/mol. The van der Waals surface area contributed by atoms with Crippen molar-refractivity contribution in [3.05, 3.63) is 83.7 Å². The van der Waals surface area contributed by atoms with E-state index >= 15 is 0 Å². The molecule has 2 aromatic carbocycles. The number of halogens is 3. The Balaban J connectivity index is 0.000000696. The molecule has 2 unspecified atom stereocenters. The summed E-state index contributed by atoms with van der Waals surface area (Å²) in [5.41, 5.74) is 3.49. The Hall–Kier alpha value is -2.69. The minimum Gasteiger partial charge on any atom is -0.508 e. The number of hydrogen-bond donors (Lipinski definition) is 1. The number of benzene rings is 2. The van der Waals surface area contributed by atoms with E-state index < -0.39 is 34.8 Å². The number of rotatable bonds is 7. The van der Waals surface area contributed by atoms with Crippen LogP contribution in [0.5, 0.6) is 11.5 Å². The summed E-state index contributed by atoms with van der Waals surface area (Å²) in [6.07, 6.45) is -1.36. The molecule has 0 amide bonds. The zero-order chi connectivity index (χ0) is 20.9. The van der Waals surface area contributed by atoms with Gasteiger partial charge in [-0.2, -0.15) is 8.78 Å². The molecule has 0 saturated carbocycles. The topological polar surface area (TPSA) is 86.9 Å². The van der Waals surface area contributed by atoms with Crippen LogP contribution in [-0.4, -0.2) is 13.5 Å². The lowest BCUT2D eigenvalue weighted by Gasteiger charge is -2.18. The van der Waals surface area contributed by atoms with E-state index in [2.05, 4.69) is 21.5 Å². The van der Waals surface area contributed by atoms with Gasteiger partial charge < -0.3 is 18.5 Å². The molecule has 28 heavy (non-hydrogen) atoms. The molecule has 0 aliphatic heterocycles. The summed E-state index contributed by atoms with van der Waals surface area (Å²) in [6, 6.07) is 12.1. The van der Waals surface area contributed by atoms with E-state index in [-0.39, 0.29) is 10.6 Å². The Bertz CT molecular complexity index is 879. The highest BCUT2D eigenvalue weighted by Gasteiger charge is 2.02. The van der Waals surface area contributed by atoms with Crippen LogP contribution < -0.4 is 4.18 Å². The molecule has 0 aromatic heterocycles. The first kappa shape index (κ1) is 23.3. The van der Waals surface area contributed by atoms with Crippen LogP contribution in [0.2, 0.25) is 0 Å². The van der Waals surface area contributed by atoms with Crippen LogP contribution in [0, 0.1) is 0 Å². The minimum atomic E-state index is -2.29. The van der Waals surface area contributed by atoms with Gasteiger partial charge in [-0.05, 0) is 48.0 Å². The molecular weight excluding hydrogens is 419 g/mol. The van der Waals surface area contributed by atoms with Crippen LogP contribution in [0.25, 0.3) is 11.0 Å². The lowest BCUT2D eigenvalue weighted by molar-refractivity contribution is 0.400. The van der Waals surface area contributed by atoms with Crippen molar-refractivity contribution in [1.82, 2.24) is 0 Å². The Morgan fingerprint density at radius 1 is 1.11 bits per heavy atom. The summed E-state index contributed by atoms with van der Waals surface area (Å²) in [5.74, 6) is 0.344. The summed E-state index contributed by atoms with van der Waals surface area (Å²) >= 11 is -4.11. The lowest BCUT2D eigenvalue weighted by atomic mass is 10.2. The average Bonchev–Trinajstić information content (AvgIpc) is 2.69. The third-order valence-electron chi connectivity index (χ3n) is 2.59. The molecule has 0 spiro atoms. The maximum atomic E-state index is 11.7. The zero-order valence-corrected chi connectivity index (χ0v) is 15.6. The molecule has 2 aromatic rings. The van der Waals surface area contributed by atoms with Crippen molar-refractivity contribution in [2.45, 2.75) is 4.90 Å². The minimum absolute atomic E-state index is 0.0318. The maximum absolute atomic E-state index is 11.7. The highest BCUT2D eigenvalue weighted by molar-refractivity contribution is 7.85. The summed E-state index contributed by atoms with van der Waals surface area (Å²) in [4.78, 5) is 3.50. The lowest BCUT2D eigenvalue weighted by Crippen LogP contribution is -2.02. The molecule has 0 heterocycles. The van der Waals surface area contributed by atoms with E-state index in [4.69, 9.17) is 9.29 Å². The van der Waals surface area contributed by atoms with Crippen LogP contribution in [0.4, 0.5) is 13.2 Å². The number of phenols is 1. The molecule has 0 aliphatic carbocycles. The van der Waals surface area contributed by atoms with Crippen LogP contribution >= 0.6 is 0 Å². The normalized spacial score (nSPS) is 11.8. The zero-order valence-electron chi connectivity index (χ0n) is 14.0. The fourth-order valence-corrected chi connectivity index (χ4v) is 2.66. The van der Waals surface area contributed by atoms with Crippen molar-refractivity contribution in [2.75, 3.05) is 0 Å². The van der Waals surface area contributed by atoms with E-state index in [0.29, 0.717) is 5.75 Å². The van der Waals surface area contributed by atoms with Crippen molar-refractivity contribution in [3.8, 4) is 11.5 Å². The van der Waals surface area contributed by atoms with Gasteiger partial charge in [-0.3, -0.25) is 0 Å². The first-order valence-corrected chi connectivity index (χ1v) is 9.23. The van der Waals surface area contributed by atoms with Gasteiger partial charge in [0, 0.05) is 0 Å². The molecular formula is C17H13F3NO5S2-. The summed E-state index contributed by atoms with van der Waals surface area (Å²) in [7, 11) is 0. The van der Waals surface area contributed by atoms with Gasteiger partial charge >= 0.3 is 0 Å². The quantitative estimate of drug-likeness (QED) is 0.498. The molecule has 0 saturated heterocycles. The van der Waals surface area contributed by atoms with Gasteiger partial charge in [-0.25, -0.2) is 12.8 Å². The van der Waals surface area contributed by atoms with Crippen molar-refractivity contribution >= 4 is 28.4 Å². The van der Waals surface area contributed by atoms with Gasteiger partial charge in [-0.15, -0.1) is 5.73 Å². The highest BCUT2D eigenvalue weighted by Crippen LogP contribution is 2.18.